The molecule has 0 saturated carbocycles. The van der Waals surface area contributed by atoms with Crippen LogP contribution in [0.1, 0.15) is 19.8 Å². The van der Waals surface area contributed by atoms with Crippen molar-refractivity contribution < 1.29 is 14.5 Å². The van der Waals surface area contributed by atoms with E-state index in [1.54, 1.807) is 12.1 Å². The predicted octanol–water partition coefficient (Wildman–Crippen LogP) is 2.76. The van der Waals surface area contributed by atoms with E-state index in [9.17, 15) is 10.1 Å². The third-order valence-electron chi connectivity index (χ3n) is 2.24. The molecule has 0 spiro atoms. The minimum atomic E-state index is -0.438. The molecular formula is C12H18N2O4. The van der Waals surface area contributed by atoms with Crippen LogP contribution in [0.4, 0.5) is 11.4 Å². The van der Waals surface area contributed by atoms with Crippen LogP contribution in [0, 0.1) is 10.1 Å². The summed E-state index contributed by atoms with van der Waals surface area (Å²) in [5.74, 6) is 0. The van der Waals surface area contributed by atoms with Gasteiger partial charge in [-0.2, -0.15) is 0 Å². The summed E-state index contributed by atoms with van der Waals surface area (Å²) in [6.45, 7) is 3.81. The molecule has 0 unspecified atom stereocenters. The first-order chi connectivity index (χ1) is 8.74. The molecule has 0 radical (unpaired) electrons. The van der Waals surface area contributed by atoms with Gasteiger partial charge in [0.25, 0.3) is 5.69 Å². The summed E-state index contributed by atoms with van der Waals surface area (Å²) in [6, 6.07) is 6.03. The summed E-state index contributed by atoms with van der Waals surface area (Å²) in [5, 5.41) is 10.4. The minimum Gasteiger partial charge on any atom is -0.379 e. The van der Waals surface area contributed by atoms with E-state index in [0.29, 0.717) is 18.9 Å². The van der Waals surface area contributed by atoms with Gasteiger partial charge in [0.05, 0.1) is 23.8 Å². The molecule has 0 atom stereocenters. The van der Waals surface area contributed by atoms with Crippen molar-refractivity contribution in [2.45, 2.75) is 19.8 Å². The summed E-state index contributed by atoms with van der Waals surface area (Å²) < 4.78 is 5.31. The lowest BCUT2D eigenvalue weighted by molar-refractivity contribution is -0.384. The van der Waals surface area contributed by atoms with Crippen LogP contribution in [0.3, 0.4) is 0 Å². The van der Waals surface area contributed by atoms with Gasteiger partial charge in [-0.25, -0.2) is 0 Å². The summed E-state index contributed by atoms with van der Waals surface area (Å²) >= 11 is 0. The van der Waals surface area contributed by atoms with Crippen molar-refractivity contribution >= 4 is 11.4 Å². The van der Waals surface area contributed by atoms with Gasteiger partial charge in [0, 0.05) is 18.7 Å². The molecule has 0 bridgehead atoms. The maximum absolute atomic E-state index is 10.4. The van der Waals surface area contributed by atoms with Crippen LogP contribution in [0.15, 0.2) is 24.3 Å². The van der Waals surface area contributed by atoms with E-state index in [0.717, 1.165) is 19.4 Å². The maximum atomic E-state index is 10.4. The second kappa shape index (κ2) is 8.43. The maximum Gasteiger partial charge on any atom is 0.269 e. The average molecular weight is 254 g/mol. The molecule has 6 heteroatoms. The Balaban J connectivity index is 2.14. The Morgan fingerprint density at radius 1 is 1.22 bits per heavy atom. The predicted molar refractivity (Wildman–Crippen MR) is 68.4 cm³/mol. The number of nitro benzene ring substituents is 1. The number of anilines is 1. The molecule has 6 nitrogen and oxygen atoms in total. The molecule has 1 rings (SSSR count). The van der Waals surface area contributed by atoms with Gasteiger partial charge in [0.1, 0.15) is 0 Å². The molecule has 0 amide bonds. The first kappa shape index (κ1) is 14.4. The van der Waals surface area contributed by atoms with Crippen molar-refractivity contribution in [1.29, 1.82) is 0 Å². The molecule has 18 heavy (non-hydrogen) atoms. The fraction of sp³-hybridized carbons (Fsp3) is 0.500. The summed E-state index contributed by atoms with van der Waals surface area (Å²) in [4.78, 5) is 15.2. The number of nitrogens with zero attached hydrogens (tertiary/aromatic N) is 1. The molecule has 0 aliphatic heterocycles. The van der Waals surface area contributed by atoms with Gasteiger partial charge >= 0.3 is 0 Å². The SMILES string of the molecule is CCCCOCCONc1ccc([N+](=O)[O-])cc1. The largest absolute Gasteiger partial charge is 0.379 e. The lowest BCUT2D eigenvalue weighted by atomic mass is 10.3. The smallest absolute Gasteiger partial charge is 0.269 e. The van der Waals surface area contributed by atoms with Gasteiger partial charge in [-0.15, -0.1) is 0 Å². The fourth-order valence-corrected chi connectivity index (χ4v) is 1.23. The lowest BCUT2D eigenvalue weighted by Crippen LogP contribution is -2.09. The number of benzene rings is 1. The number of ether oxygens (including phenoxy) is 1. The molecule has 0 aromatic heterocycles. The molecule has 0 saturated heterocycles. The van der Waals surface area contributed by atoms with Gasteiger partial charge in [0.2, 0.25) is 0 Å². The average Bonchev–Trinajstić information content (AvgIpc) is 2.38. The first-order valence-electron chi connectivity index (χ1n) is 5.94. The third-order valence-corrected chi connectivity index (χ3v) is 2.24. The molecule has 1 aromatic carbocycles. The van der Waals surface area contributed by atoms with E-state index < -0.39 is 4.92 Å². The zero-order valence-corrected chi connectivity index (χ0v) is 10.4. The number of hydrogen-bond donors (Lipinski definition) is 1. The Hall–Kier alpha value is -1.66. The Morgan fingerprint density at radius 3 is 2.56 bits per heavy atom. The van der Waals surface area contributed by atoms with Crippen molar-refractivity contribution in [3.8, 4) is 0 Å². The van der Waals surface area contributed by atoms with Gasteiger partial charge in [-0.1, -0.05) is 13.3 Å². The minimum absolute atomic E-state index is 0.0587. The van der Waals surface area contributed by atoms with E-state index in [-0.39, 0.29) is 5.69 Å². The molecular weight excluding hydrogens is 236 g/mol. The molecule has 1 aromatic rings. The molecule has 0 heterocycles. The number of non-ortho nitro benzene ring substituents is 1. The highest BCUT2D eigenvalue weighted by atomic mass is 16.7. The highest BCUT2D eigenvalue weighted by Crippen LogP contribution is 2.15. The van der Waals surface area contributed by atoms with E-state index in [1.807, 2.05) is 0 Å². The topological polar surface area (TPSA) is 73.6 Å². The lowest BCUT2D eigenvalue weighted by Gasteiger charge is -2.07. The Morgan fingerprint density at radius 2 is 1.94 bits per heavy atom. The Bertz CT molecular complexity index is 354. The highest BCUT2D eigenvalue weighted by molar-refractivity contribution is 5.46. The molecule has 100 valence electrons. The normalized spacial score (nSPS) is 10.3. The third kappa shape index (κ3) is 5.60. The molecule has 0 fully saturated rings. The summed E-state index contributed by atoms with van der Waals surface area (Å²) in [5.41, 5.74) is 3.43. The molecule has 0 aliphatic rings. The number of unbranched alkanes of at least 4 members (excludes halogenated alkanes) is 1. The van der Waals surface area contributed by atoms with Crippen LogP contribution in [0.2, 0.25) is 0 Å². The van der Waals surface area contributed by atoms with Crippen LogP contribution >= 0.6 is 0 Å². The van der Waals surface area contributed by atoms with Crippen LogP contribution < -0.4 is 5.48 Å². The van der Waals surface area contributed by atoms with Crippen molar-refractivity contribution in [3.05, 3.63) is 34.4 Å². The van der Waals surface area contributed by atoms with Gasteiger partial charge in [-0.3, -0.25) is 20.4 Å². The van der Waals surface area contributed by atoms with Crippen LogP contribution in [0.25, 0.3) is 0 Å². The van der Waals surface area contributed by atoms with Crippen molar-refractivity contribution in [2.75, 3.05) is 25.3 Å². The first-order valence-corrected chi connectivity index (χ1v) is 5.94. The van der Waals surface area contributed by atoms with Crippen molar-refractivity contribution in [2.24, 2.45) is 0 Å². The number of hydrogen-bond acceptors (Lipinski definition) is 5. The number of rotatable bonds is 9. The van der Waals surface area contributed by atoms with E-state index >= 15 is 0 Å². The fourth-order valence-electron chi connectivity index (χ4n) is 1.23. The van der Waals surface area contributed by atoms with E-state index in [1.165, 1.54) is 12.1 Å². The second-order valence-corrected chi connectivity index (χ2v) is 3.72. The van der Waals surface area contributed by atoms with Gasteiger partial charge in [-0.05, 0) is 18.6 Å². The standard InChI is InChI=1S/C12H18N2O4/c1-2-3-8-17-9-10-18-13-11-4-6-12(7-5-11)14(15)16/h4-7,13H,2-3,8-10H2,1H3. The van der Waals surface area contributed by atoms with Gasteiger partial charge < -0.3 is 4.74 Å². The van der Waals surface area contributed by atoms with Gasteiger partial charge in [0.15, 0.2) is 0 Å². The van der Waals surface area contributed by atoms with Crippen molar-refractivity contribution in [1.82, 2.24) is 0 Å². The van der Waals surface area contributed by atoms with Crippen LogP contribution in [-0.2, 0) is 9.57 Å². The van der Waals surface area contributed by atoms with Crippen LogP contribution in [0.5, 0.6) is 0 Å². The zero-order valence-electron chi connectivity index (χ0n) is 10.4. The quantitative estimate of drug-likeness (QED) is 0.416. The Labute approximate surface area is 106 Å². The summed E-state index contributed by atoms with van der Waals surface area (Å²) in [7, 11) is 0. The molecule has 1 N–H and O–H groups in total. The summed E-state index contributed by atoms with van der Waals surface area (Å²) in [6.07, 6.45) is 2.16. The number of nitrogens with one attached hydrogen (secondary N) is 1. The molecule has 0 aliphatic carbocycles. The number of nitro groups is 1. The highest BCUT2D eigenvalue weighted by Gasteiger charge is 2.03. The monoisotopic (exact) mass is 254 g/mol. The van der Waals surface area contributed by atoms with E-state index in [2.05, 4.69) is 12.4 Å². The zero-order chi connectivity index (χ0) is 13.2. The Kier molecular flexibility index (Phi) is 6.75. The second-order valence-electron chi connectivity index (χ2n) is 3.72. The van der Waals surface area contributed by atoms with E-state index in [4.69, 9.17) is 9.57 Å². The van der Waals surface area contributed by atoms with Crippen LogP contribution in [-0.4, -0.2) is 24.7 Å². The van der Waals surface area contributed by atoms with Crippen molar-refractivity contribution in [3.63, 3.8) is 0 Å².